The van der Waals surface area contributed by atoms with E-state index in [-0.39, 0.29) is 5.82 Å². The lowest BCUT2D eigenvalue weighted by Gasteiger charge is -2.30. The Hall–Kier alpha value is -2.29. The van der Waals surface area contributed by atoms with E-state index in [0.717, 1.165) is 64.9 Å². The topological polar surface area (TPSA) is 67.4 Å². The summed E-state index contributed by atoms with van der Waals surface area (Å²) in [6.45, 7) is 3.76. The number of nitrogens with one attached hydrogen (secondary N) is 3. The summed E-state index contributed by atoms with van der Waals surface area (Å²) in [6, 6.07) is 7.24. The first-order valence-corrected chi connectivity index (χ1v) is 12.4. The minimum Gasteiger partial charge on any atom is -0.383 e. The van der Waals surface area contributed by atoms with Crippen molar-refractivity contribution in [1.82, 2.24) is 10.3 Å². The number of benzene rings is 1. The second-order valence-electron chi connectivity index (χ2n) is 9.32. The van der Waals surface area contributed by atoms with Crippen LogP contribution in [0.5, 0.6) is 0 Å². The molecule has 0 amide bonds. The quantitative estimate of drug-likeness (QED) is 0.429. The van der Waals surface area contributed by atoms with Gasteiger partial charge in [-0.15, -0.1) is 0 Å². The highest BCUT2D eigenvalue weighted by Gasteiger charge is 2.21. The SMILES string of the molecule is COCCNC1CCC(Nc2cc(-c3ccc(F)c(NCC4CCOCC4)c3)c(F)cn2)CC1. The second-order valence-corrected chi connectivity index (χ2v) is 9.32. The Balaban J connectivity index is 1.38. The molecule has 1 saturated carbocycles. The van der Waals surface area contributed by atoms with Crippen molar-refractivity contribution in [3.05, 3.63) is 42.1 Å². The summed E-state index contributed by atoms with van der Waals surface area (Å²) in [6.07, 6.45) is 7.38. The average Bonchev–Trinajstić information content (AvgIpc) is 2.87. The maximum absolute atomic E-state index is 14.7. The number of ether oxygens (including phenoxy) is 2. The molecule has 34 heavy (non-hydrogen) atoms. The summed E-state index contributed by atoms with van der Waals surface area (Å²) in [4.78, 5) is 4.26. The predicted molar refractivity (Wildman–Crippen MR) is 131 cm³/mol. The highest BCUT2D eigenvalue weighted by atomic mass is 19.1. The van der Waals surface area contributed by atoms with Crippen LogP contribution in [0.3, 0.4) is 0 Å². The molecule has 1 aromatic heterocycles. The fourth-order valence-corrected chi connectivity index (χ4v) is 4.79. The van der Waals surface area contributed by atoms with Crippen LogP contribution >= 0.6 is 0 Å². The smallest absolute Gasteiger partial charge is 0.149 e. The Bertz CT molecular complexity index is 916. The normalized spacial score (nSPS) is 21.4. The van der Waals surface area contributed by atoms with Gasteiger partial charge in [-0.2, -0.15) is 0 Å². The summed E-state index contributed by atoms with van der Waals surface area (Å²) in [5, 5.41) is 10.2. The first-order valence-electron chi connectivity index (χ1n) is 12.4. The van der Waals surface area contributed by atoms with E-state index in [1.54, 1.807) is 25.3 Å². The van der Waals surface area contributed by atoms with Crippen LogP contribution in [0.4, 0.5) is 20.3 Å². The minimum atomic E-state index is -0.418. The molecule has 0 atom stereocenters. The van der Waals surface area contributed by atoms with Gasteiger partial charge in [-0.3, -0.25) is 0 Å². The van der Waals surface area contributed by atoms with Gasteiger partial charge in [-0.05, 0) is 68.2 Å². The Morgan fingerprint density at radius 2 is 1.76 bits per heavy atom. The molecule has 0 radical (unpaired) electrons. The first-order chi connectivity index (χ1) is 16.6. The molecule has 1 aliphatic heterocycles. The number of anilines is 2. The standard InChI is InChI=1S/C26H36F2N4O2/c1-33-13-10-29-20-3-5-21(6-4-20)32-26-15-22(24(28)17-31-26)19-2-7-23(27)25(14-19)30-16-18-8-11-34-12-9-18/h2,7,14-15,17-18,20-21,29-30H,3-6,8-13,16H2,1H3,(H,31,32). The van der Waals surface area contributed by atoms with E-state index in [0.29, 0.717) is 47.2 Å². The van der Waals surface area contributed by atoms with E-state index in [2.05, 4.69) is 20.9 Å². The van der Waals surface area contributed by atoms with Crippen molar-refractivity contribution in [2.45, 2.75) is 50.6 Å². The predicted octanol–water partition coefficient (Wildman–Crippen LogP) is 4.82. The Morgan fingerprint density at radius 3 is 2.53 bits per heavy atom. The fraction of sp³-hybridized carbons (Fsp3) is 0.577. The van der Waals surface area contributed by atoms with Gasteiger partial charge in [0.1, 0.15) is 17.5 Å². The number of pyridine rings is 1. The molecule has 1 aromatic carbocycles. The number of hydrogen-bond donors (Lipinski definition) is 3. The molecule has 4 rings (SSSR count). The molecule has 0 spiro atoms. The number of aromatic nitrogens is 1. The van der Waals surface area contributed by atoms with E-state index in [9.17, 15) is 8.78 Å². The lowest BCUT2D eigenvalue weighted by atomic mass is 9.91. The molecular weight excluding hydrogens is 438 g/mol. The van der Waals surface area contributed by atoms with Crippen molar-refractivity contribution in [3.63, 3.8) is 0 Å². The third-order valence-corrected chi connectivity index (χ3v) is 6.87. The fourth-order valence-electron chi connectivity index (χ4n) is 4.79. The van der Waals surface area contributed by atoms with Crippen LogP contribution in [0.1, 0.15) is 38.5 Å². The van der Waals surface area contributed by atoms with Crippen molar-refractivity contribution >= 4 is 11.5 Å². The summed E-state index contributed by atoms with van der Waals surface area (Å²) in [5.41, 5.74) is 1.44. The van der Waals surface area contributed by atoms with Crippen molar-refractivity contribution in [3.8, 4) is 11.1 Å². The van der Waals surface area contributed by atoms with Crippen LogP contribution in [0.15, 0.2) is 30.5 Å². The van der Waals surface area contributed by atoms with E-state index >= 15 is 0 Å². The van der Waals surface area contributed by atoms with Crippen LogP contribution in [-0.2, 0) is 9.47 Å². The molecule has 6 nitrogen and oxygen atoms in total. The lowest BCUT2D eigenvalue weighted by molar-refractivity contribution is 0.0699. The molecule has 2 fully saturated rings. The van der Waals surface area contributed by atoms with Gasteiger partial charge in [0.05, 0.1) is 18.5 Å². The largest absolute Gasteiger partial charge is 0.383 e. The van der Waals surface area contributed by atoms with Gasteiger partial charge in [0, 0.05) is 51.1 Å². The van der Waals surface area contributed by atoms with Gasteiger partial charge in [0.2, 0.25) is 0 Å². The third kappa shape index (κ3) is 6.87. The molecule has 3 N–H and O–H groups in total. The third-order valence-electron chi connectivity index (χ3n) is 6.87. The van der Waals surface area contributed by atoms with E-state index in [4.69, 9.17) is 9.47 Å². The molecule has 2 heterocycles. The molecule has 1 saturated heterocycles. The molecular formula is C26H36F2N4O2. The molecule has 1 aliphatic carbocycles. The maximum atomic E-state index is 14.7. The molecule has 0 bridgehead atoms. The Morgan fingerprint density at radius 1 is 1.00 bits per heavy atom. The molecule has 2 aliphatic rings. The monoisotopic (exact) mass is 474 g/mol. The van der Waals surface area contributed by atoms with Gasteiger partial charge in [-0.25, -0.2) is 13.8 Å². The number of methoxy groups -OCH3 is 1. The number of halogens is 2. The second kappa shape index (κ2) is 12.4. The van der Waals surface area contributed by atoms with E-state index in [1.807, 2.05) is 0 Å². The van der Waals surface area contributed by atoms with E-state index < -0.39 is 5.82 Å². The van der Waals surface area contributed by atoms with Crippen LogP contribution < -0.4 is 16.0 Å². The minimum absolute atomic E-state index is 0.302. The summed E-state index contributed by atoms with van der Waals surface area (Å²) >= 11 is 0. The van der Waals surface area contributed by atoms with E-state index in [1.165, 1.54) is 12.3 Å². The summed E-state index contributed by atoms with van der Waals surface area (Å²) < 4.78 is 39.6. The summed E-state index contributed by atoms with van der Waals surface area (Å²) in [5.74, 6) is 0.349. The molecule has 186 valence electrons. The maximum Gasteiger partial charge on any atom is 0.149 e. The molecule has 0 unspecified atom stereocenters. The van der Waals surface area contributed by atoms with Crippen molar-refractivity contribution in [1.29, 1.82) is 0 Å². The zero-order valence-electron chi connectivity index (χ0n) is 19.9. The Labute approximate surface area is 200 Å². The zero-order chi connectivity index (χ0) is 23.8. The molecule has 8 heteroatoms. The van der Waals surface area contributed by atoms with Crippen molar-refractivity contribution in [2.24, 2.45) is 5.92 Å². The number of hydrogen-bond acceptors (Lipinski definition) is 6. The average molecular weight is 475 g/mol. The number of nitrogens with zero attached hydrogens (tertiary/aromatic N) is 1. The Kier molecular flexibility index (Phi) is 9.07. The van der Waals surface area contributed by atoms with Crippen LogP contribution in [0.25, 0.3) is 11.1 Å². The lowest BCUT2D eigenvalue weighted by Crippen LogP contribution is -2.38. The highest BCUT2D eigenvalue weighted by Crippen LogP contribution is 2.30. The number of rotatable bonds is 10. The van der Waals surface area contributed by atoms with Crippen molar-refractivity contribution < 1.29 is 18.3 Å². The molecule has 2 aromatic rings. The van der Waals surface area contributed by atoms with Crippen LogP contribution in [0.2, 0.25) is 0 Å². The van der Waals surface area contributed by atoms with Crippen LogP contribution in [0, 0.1) is 17.6 Å². The zero-order valence-corrected chi connectivity index (χ0v) is 19.9. The van der Waals surface area contributed by atoms with Crippen LogP contribution in [-0.4, -0.2) is 57.1 Å². The van der Waals surface area contributed by atoms with Gasteiger partial charge in [0.25, 0.3) is 0 Å². The van der Waals surface area contributed by atoms with Gasteiger partial charge in [0.15, 0.2) is 0 Å². The highest BCUT2D eigenvalue weighted by molar-refractivity contribution is 5.71. The summed E-state index contributed by atoms with van der Waals surface area (Å²) in [7, 11) is 1.71. The van der Waals surface area contributed by atoms with Gasteiger partial charge < -0.3 is 25.4 Å². The van der Waals surface area contributed by atoms with Crippen molar-refractivity contribution in [2.75, 3.05) is 50.7 Å². The first kappa shape index (κ1) is 24.8. The van der Waals surface area contributed by atoms with Gasteiger partial charge in [-0.1, -0.05) is 6.07 Å². The van der Waals surface area contributed by atoms with Gasteiger partial charge >= 0.3 is 0 Å².